The largest absolute Gasteiger partial charge is 0.493 e. The number of carbonyl (C=O) groups excluding carboxylic acids is 2. The highest BCUT2D eigenvalue weighted by molar-refractivity contribution is 7.07. The van der Waals surface area contributed by atoms with Gasteiger partial charge in [-0.05, 0) is 75.2 Å². The summed E-state index contributed by atoms with van der Waals surface area (Å²) in [6, 6.07) is 15.9. The van der Waals surface area contributed by atoms with E-state index in [2.05, 4.69) is 4.99 Å². The minimum absolute atomic E-state index is 0.0881. The van der Waals surface area contributed by atoms with Crippen LogP contribution < -0.4 is 29.1 Å². The first-order valence-corrected chi connectivity index (χ1v) is 15.8. The van der Waals surface area contributed by atoms with Crippen molar-refractivity contribution in [2.75, 3.05) is 26.9 Å². The van der Waals surface area contributed by atoms with Gasteiger partial charge in [0, 0.05) is 5.56 Å². The Bertz CT molecular complexity index is 2010. The number of nitrogens with zero attached hydrogens (tertiary/aromatic N) is 2. The van der Waals surface area contributed by atoms with Gasteiger partial charge in [-0.3, -0.25) is 9.36 Å². The van der Waals surface area contributed by atoms with Gasteiger partial charge in [0.1, 0.15) is 5.75 Å². The first kappa shape index (κ1) is 32.5. The number of methoxy groups -OCH3 is 1. The normalized spacial score (nSPS) is 14.6. The summed E-state index contributed by atoms with van der Waals surface area (Å²) in [5.41, 5.74) is 1.60. The van der Waals surface area contributed by atoms with Gasteiger partial charge >= 0.3 is 11.9 Å². The van der Waals surface area contributed by atoms with Crippen LogP contribution in [0.4, 0.5) is 0 Å². The maximum atomic E-state index is 14.3. The molecule has 240 valence electrons. The van der Waals surface area contributed by atoms with Gasteiger partial charge in [-0.25, -0.2) is 14.6 Å². The molecule has 0 unspecified atom stereocenters. The summed E-state index contributed by atoms with van der Waals surface area (Å²) in [5.74, 6) is 0.364. The zero-order chi connectivity index (χ0) is 33.0. The van der Waals surface area contributed by atoms with E-state index in [0.29, 0.717) is 43.4 Å². The fraction of sp³-hybridized carbons (Fsp3) is 0.314. The van der Waals surface area contributed by atoms with Crippen molar-refractivity contribution in [3.63, 3.8) is 0 Å². The molecule has 0 saturated carbocycles. The lowest BCUT2D eigenvalue weighted by atomic mass is 9.95. The van der Waals surface area contributed by atoms with Gasteiger partial charge in [0.25, 0.3) is 5.56 Å². The predicted molar refractivity (Wildman–Crippen MR) is 175 cm³/mol. The van der Waals surface area contributed by atoms with Crippen molar-refractivity contribution >= 4 is 40.1 Å². The first-order valence-electron chi connectivity index (χ1n) is 15.0. The summed E-state index contributed by atoms with van der Waals surface area (Å²) in [5, 5.41) is 1.76. The molecule has 0 N–H and O–H groups in total. The summed E-state index contributed by atoms with van der Waals surface area (Å²) in [7, 11) is 1.54. The van der Waals surface area contributed by atoms with Gasteiger partial charge in [0.2, 0.25) is 0 Å². The van der Waals surface area contributed by atoms with Crippen LogP contribution in [0.2, 0.25) is 0 Å². The number of hydrogen-bond acceptors (Lipinski definition) is 10. The maximum absolute atomic E-state index is 14.3. The molecule has 46 heavy (non-hydrogen) atoms. The van der Waals surface area contributed by atoms with Gasteiger partial charge in [-0.1, -0.05) is 47.7 Å². The molecule has 0 bridgehead atoms. The van der Waals surface area contributed by atoms with E-state index in [0.717, 1.165) is 10.8 Å². The molecule has 0 radical (unpaired) electrons. The number of rotatable bonds is 11. The molecule has 5 rings (SSSR count). The third-order valence-corrected chi connectivity index (χ3v) is 8.22. The number of allylic oxidation sites excluding steroid dienone is 1. The molecule has 1 aromatic heterocycles. The standard InChI is InChI=1S/C35H36N2O8S/c1-7-42-30(38)19-44-26-15-13-22-11-9-10-12-24(22)25(26)18-29-33(39)37-32(23-14-16-27(45-20(3)4)28(17-23)41-6)31(34(40)43-8-2)21(5)36-35(37)46-29/h9-18,20,32H,7-8,19H2,1-6H3/b29-18+/t32-/m1/s1. The quantitative estimate of drug-likeness (QED) is 0.216. The lowest BCUT2D eigenvalue weighted by Crippen LogP contribution is -2.40. The van der Waals surface area contributed by atoms with Crippen molar-refractivity contribution in [1.82, 2.24) is 4.57 Å². The smallest absolute Gasteiger partial charge is 0.344 e. The molecule has 0 aliphatic carbocycles. The summed E-state index contributed by atoms with van der Waals surface area (Å²) in [4.78, 5) is 44.9. The molecule has 0 fully saturated rings. The summed E-state index contributed by atoms with van der Waals surface area (Å²) in [6.07, 6.45) is 1.66. The molecule has 10 nitrogen and oxygen atoms in total. The number of benzene rings is 3. The van der Waals surface area contributed by atoms with E-state index in [-0.39, 0.29) is 37.1 Å². The summed E-state index contributed by atoms with van der Waals surface area (Å²) in [6.45, 7) is 9.13. The Morgan fingerprint density at radius 3 is 2.46 bits per heavy atom. The average molecular weight is 645 g/mol. The van der Waals surface area contributed by atoms with Crippen LogP contribution in [-0.4, -0.2) is 49.5 Å². The Labute approximate surface area is 270 Å². The van der Waals surface area contributed by atoms with Crippen LogP contribution in [0.3, 0.4) is 0 Å². The summed E-state index contributed by atoms with van der Waals surface area (Å²) < 4.78 is 29.8. The number of thiazole rings is 1. The van der Waals surface area contributed by atoms with Crippen molar-refractivity contribution in [2.24, 2.45) is 4.99 Å². The van der Waals surface area contributed by atoms with Gasteiger partial charge in [-0.2, -0.15) is 0 Å². The van der Waals surface area contributed by atoms with Crippen LogP contribution in [-0.2, 0) is 19.1 Å². The second-order valence-corrected chi connectivity index (χ2v) is 11.7. The molecule has 3 aromatic carbocycles. The molecular weight excluding hydrogens is 608 g/mol. The second-order valence-electron chi connectivity index (χ2n) is 10.7. The number of hydrogen-bond donors (Lipinski definition) is 0. The number of carbonyl (C=O) groups is 2. The highest BCUT2D eigenvalue weighted by Crippen LogP contribution is 2.37. The monoisotopic (exact) mass is 644 g/mol. The molecule has 11 heteroatoms. The van der Waals surface area contributed by atoms with E-state index in [9.17, 15) is 14.4 Å². The van der Waals surface area contributed by atoms with Gasteiger partial charge in [0.05, 0.1) is 48.3 Å². The fourth-order valence-corrected chi connectivity index (χ4v) is 6.36. The molecule has 1 atom stereocenters. The fourth-order valence-electron chi connectivity index (χ4n) is 5.33. The Morgan fingerprint density at radius 2 is 1.74 bits per heavy atom. The van der Waals surface area contributed by atoms with E-state index < -0.39 is 18.0 Å². The van der Waals surface area contributed by atoms with Crippen LogP contribution in [0.1, 0.15) is 51.8 Å². The lowest BCUT2D eigenvalue weighted by Gasteiger charge is -2.25. The third-order valence-electron chi connectivity index (χ3n) is 7.24. The molecule has 0 saturated heterocycles. The van der Waals surface area contributed by atoms with Crippen LogP contribution >= 0.6 is 11.3 Å². The molecule has 0 amide bonds. The molecule has 4 aromatic rings. The van der Waals surface area contributed by atoms with E-state index in [1.807, 2.05) is 50.2 Å². The highest BCUT2D eigenvalue weighted by atomic mass is 32.1. The van der Waals surface area contributed by atoms with E-state index in [4.69, 9.17) is 23.7 Å². The van der Waals surface area contributed by atoms with E-state index in [1.165, 1.54) is 23.0 Å². The zero-order valence-corrected chi connectivity index (χ0v) is 27.4. The number of fused-ring (bicyclic) bond motifs is 2. The van der Waals surface area contributed by atoms with E-state index >= 15 is 0 Å². The Kier molecular flexibility index (Phi) is 9.91. The van der Waals surface area contributed by atoms with Crippen LogP contribution in [0.15, 0.2) is 75.7 Å². The van der Waals surface area contributed by atoms with Crippen molar-refractivity contribution in [2.45, 2.75) is 46.8 Å². The Hall–Kier alpha value is -4.90. The van der Waals surface area contributed by atoms with Crippen LogP contribution in [0.5, 0.6) is 17.2 Å². The topological polar surface area (TPSA) is 115 Å². The Balaban J connectivity index is 1.72. The van der Waals surface area contributed by atoms with Crippen molar-refractivity contribution < 1.29 is 33.3 Å². The minimum atomic E-state index is -0.841. The zero-order valence-electron chi connectivity index (χ0n) is 26.6. The van der Waals surface area contributed by atoms with Gasteiger partial charge in [-0.15, -0.1) is 0 Å². The molecule has 1 aliphatic heterocycles. The van der Waals surface area contributed by atoms with Crippen LogP contribution in [0, 0.1) is 0 Å². The first-order chi connectivity index (χ1) is 22.2. The number of esters is 2. The van der Waals surface area contributed by atoms with E-state index in [1.54, 1.807) is 45.0 Å². The van der Waals surface area contributed by atoms with Crippen LogP contribution in [0.25, 0.3) is 16.8 Å². The lowest BCUT2D eigenvalue weighted by molar-refractivity contribution is -0.145. The number of ether oxygens (including phenoxy) is 5. The highest BCUT2D eigenvalue weighted by Gasteiger charge is 2.34. The molecule has 1 aliphatic rings. The number of aromatic nitrogens is 1. The molecule has 2 heterocycles. The maximum Gasteiger partial charge on any atom is 0.344 e. The van der Waals surface area contributed by atoms with Gasteiger partial charge < -0.3 is 23.7 Å². The minimum Gasteiger partial charge on any atom is -0.493 e. The van der Waals surface area contributed by atoms with Crippen molar-refractivity contribution in [3.8, 4) is 17.2 Å². The summed E-state index contributed by atoms with van der Waals surface area (Å²) >= 11 is 1.20. The molecular formula is C35H36N2O8S. The van der Waals surface area contributed by atoms with Crippen molar-refractivity contribution in [3.05, 3.63) is 96.7 Å². The van der Waals surface area contributed by atoms with Crippen molar-refractivity contribution in [1.29, 1.82) is 0 Å². The Morgan fingerprint density at radius 1 is 1.00 bits per heavy atom. The third kappa shape index (κ3) is 6.55. The second kappa shape index (κ2) is 14.0. The molecule has 0 spiro atoms. The SMILES string of the molecule is CCOC(=O)COc1ccc2ccccc2c1/C=c1/sc2n(c1=O)[C@H](c1ccc(OC(C)C)c(OC)c1)C(C(=O)OCC)=C(C)N=2. The van der Waals surface area contributed by atoms with Gasteiger partial charge in [0.15, 0.2) is 22.9 Å². The predicted octanol–water partition coefficient (Wildman–Crippen LogP) is 4.69. The average Bonchev–Trinajstić information content (AvgIpc) is 3.33.